The summed E-state index contributed by atoms with van der Waals surface area (Å²) in [6.07, 6.45) is 3.91. The number of carbonyl (C=O) groups is 2. The molecule has 0 aliphatic carbocycles. The largest absolute Gasteiger partial charge is 0.504 e. The molecular formula is C18H25N3O4S. The topological polar surface area (TPSA) is 111 Å². The van der Waals surface area contributed by atoms with E-state index in [1.807, 2.05) is 11.8 Å². The average Bonchev–Trinajstić information content (AvgIpc) is 3.14. The Morgan fingerprint density at radius 1 is 1.23 bits per heavy atom. The van der Waals surface area contributed by atoms with Crippen molar-refractivity contribution in [2.75, 3.05) is 12.3 Å². The van der Waals surface area contributed by atoms with E-state index in [0.717, 1.165) is 30.6 Å². The van der Waals surface area contributed by atoms with Gasteiger partial charge in [-0.05, 0) is 37.0 Å². The van der Waals surface area contributed by atoms with Gasteiger partial charge in [-0.25, -0.2) is 4.79 Å². The maximum Gasteiger partial charge on any atom is 0.315 e. The van der Waals surface area contributed by atoms with Crippen LogP contribution in [0.3, 0.4) is 0 Å². The van der Waals surface area contributed by atoms with Crippen LogP contribution in [0.1, 0.15) is 31.2 Å². The number of amides is 3. The number of carbonyl (C=O) groups excluding carboxylic acids is 2. The molecule has 7 nitrogen and oxygen atoms in total. The lowest BCUT2D eigenvalue weighted by Crippen LogP contribution is -2.36. The first-order valence-electron chi connectivity index (χ1n) is 8.99. The van der Waals surface area contributed by atoms with Gasteiger partial charge in [-0.3, -0.25) is 4.79 Å². The van der Waals surface area contributed by atoms with Crippen molar-refractivity contribution in [3.8, 4) is 11.5 Å². The van der Waals surface area contributed by atoms with Gasteiger partial charge < -0.3 is 26.2 Å². The van der Waals surface area contributed by atoms with Crippen molar-refractivity contribution in [2.45, 2.75) is 49.4 Å². The second-order valence-corrected chi connectivity index (χ2v) is 8.06. The fraction of sp³-hybridized carbons (Fsp3) is 0.556. The Kier molecular flexibility index (Phi) is 6.13. The van der Waals surface area contributed by atoms with Crippen molar-refractivity contribution in [1.82, 2.24) is 16.0 Å². The minimum Gasteiger partial charge on any atom is -0.504 e. The second kappa shape index (κ2) is 8.53. The molecule has 0 aromatic heterocycles. The summed E-state index contributed by atoms with van der Waals surface area (Å²) < 4.78 is 0. The van der Waals surface area contributed by atoms with Gasteiger partial charge in [0.1, 0.15) is 0 Å². The normalized spacial score (nSPS) is 24.0. The summed E-state index contributed by atoms with van der Waals surface area (Å²) in [5, 5.41) is 28.0. The zero-order chi connectivity index (χ0) is 18.5. The summed E-state index contributed by atoms with van der Waals surface area (Å²) in [7, 11) is 0. The molecule has 3 unspecified atom stereocenters. The number of rotatable bonds is 8. The zero-order valence-electron chi connectivity index (χ0n) is 14.5. The van der Waals surface area contributed by atoms with Gasteiger partial charge in [-0.2, -0.15) is 11.8 Å². The number of benzene rings is 1. The lowest BCUT2D eigenvalue weighted by atomic mass is 10.0. The van der Waals surface area contributed by atoms with E-state index >= 15 is 0 Å². The van der Waals surface area contributed by atoms with E-state index in [1.54, 1.807) is 6.07 Å². The predicted molar refractivity (Wildman–Crippen MR) is 100 cm³/mol. The molecular weight excluding hydrogens is 354 g/mol. The molecule has 3 rings (SSSR count). The number of unbranched alkanes of at least 4 members (excludes halogenated alkanes) is 1. The molecule has 2 aliphatic rings. The Labute approximate surface area is 156 Å². The molecule has 2 saturated heterocycles. The summed E-state index contributed by atoms with van der Waals surface area (Å²) >= 11 is 1.89. The number of urea groups is 1. The number of nitrogens with one attached hydrogen (secondary N) is 3. The first-order valence-corrected chi connectivity index (χ1v) is 10.0. The van der Waals surface area contributed by atoms with Crippen LogP contribution in [0.2, 0.25) is 0 Å². The highest BCUT2D eigenvalue weighted by Crippen LogP contribution is 2.33. The predicted octanol–water partition coefficient (Wildman–Crippen LogP) is 1.48. The van der Waals surface area contributed by atoms with Gasteiger partial charge in [0.05, 0.1) is 12.1 Å². The molecule has 2 heterocycles. The molecule has 1 aromatic rings. The van der Waals surface area contributed by atoms with E-state index in [4.69, 9.17) is 0 Å². The Balaban J connectivity index is 1.27. The van der Waals surface area contributed by atoms with Gasteiger partial charge in [0, 0.05) is 24.0 Å². The lowest BCUT2D eigenvalue weighted by molar-refractivity contribution is -0.121. The summed E-state index contributed by atoms with van der Waals surface area (Å²) in [4.78, 5) is 23.3. The first kappa shape index (κ1) is 18.7. The third-order valence-electron chi connectivity index (χ3n) is 4.86. The fourth-order valence-electron chi connectivity index (χ4n) is 3.43. The van der Waals surface area contributed by atoms with Crippen molar-refractivity contribution >= 4 is 23.7 Å². The summed E-state index contributed by atoms with van der Waals surface area (Å²) in [6.45, 7) is 0.503. The lowest BCUT2D eigenvalue weighted by Gasteiger charge is -2.16. The van der Waals surface area contributed by atoms with Gasteiger partial charge in [0.25, 0.3) is 0 Å². The number of phenols is 2. The molecule has 0 bridgehead atoms. The van der Waals surface area contributed by atoms with Crippen molar-refractivity contribution in [1.29, 1.82) is 0 Å². The molecule has 26 heavy (non-hydrogen) atoms. The molecule has 2 aliphatic heterocycles. The fourth-order valence-corrected chi connectivity index (χ4v) is 4.98. The van der Waals surface area contributed by atoms with Crippen LogP contribution in [0.15, 0.2) is 18.2 Å². The molecule has 5 N–H and O–H groups in total. The Bertz CT molecular complexity index is 670. The number of thioether (sulfide) groups is 1. The Hall–Kier alpha value is -2.09. The van der Waals surface area contributed by atoms with Gasteiger partial charge in [0.15, 0.2) is 11.5 Å². The van der Waals surface area contributed by atoms with E-state index in [9.17, 15) is 19.8 Å². The number of hydrogen-bond acceptors (Lipinski definition) is 5. The van der Waals surface area contributed by atoms with Crippen LogP contribution in [0.25, 0.3) is 0 Å². The molecule has 1 aromatic carbocycles. The summed E-state index contributed by atoms with van der Waals surface area (Å²) in [5.41, 5.74) is 0.862. The van der Waals surface area contributed by atoms with Crippen LogP contribution in [0.5, 0.6) is 11.5 Å². The number of hydrogen-bond donors (Lipinski definition) is 5. The molecule has 0 spiro atoms. The molecule has 0 saturated carbocycles. The van der Waals surface area contributed by atoms with E-state index in [-0.39, 0.29) is 35.5 Å². The van der Waals surface area contributed by atoms with Crippen LogP contribution in [0.4, 0.5) is 4.79 Å². The number of phenolic OH excluding ortho intramolecular Hbond substituents is 2. The van der Waals surface area contributed by atoms with Crippen molar-refractivity contribution in [3.63, 3.8) is 0 Å². The summed E-state index contributed by atoms with van der Waals surface area (Å²) in [6, 6.07) is 5.09. The highest BCUT2D eigenvalue weighted by molar-refractivity contribution is 8.00. The number of aromatic hydroxyl groups is 2. The minimum absolute atomic E-state index is 0.0285. The van der Waals surface area contributed by atoms with Crippen LogP contribution >= 0.6 is 11.8 Å². The van der Waals surface area contributed by atoms with Crippen LogP contribution in [-0.2, 0) is 11.2 Å². The molecule has 0 radical (unpaired) electrons. The molecule has 2 fully saturated rings. The third kappa shape index (κ3) is 4.75. The summed E-state index contributed by atoms with van der Waals surface area (Å²) in [5.74, 6) is 0.703. The smallest absolute Gasteiger partial charge is 0.315 e. The first-order chi connectivity index (χ1) is 12.5. The van der Waals surface area contributed by atoms with Crippen molar-refractivity contribution < 1.29 is 19.8 Å². The quantitative estimate of drug-likeness (QED) is 0.267. The van der Waals surface area contributed by atoms with Gasteiger partial charge in [-0.1, -0.05) is 12.5 Å². The van der Waals surface area contributed by atoms with E-state index in [1.165, 1.54) is 12.1 Å². The molecule has 3 amide bonds. The van der Waals surface area contributed by atoms with Crippen molar-refractivity contribution in [3.05, 3.63) is 23.8 Å². The Morgan fingerprint density at radius 2 is 2.08 bits per heavy atom. The van der Waals surface area contributed by atoms with Crippen LogP contribution in [0, 0.1) is 0 Å². The number of fused-ring (bicyclic) bond motifs is 1. The second-order valence-electron chi connectivity index (χ2n) is 6.79. The van der Waals surface area contributed by atoms with E-state index in [0.29, 0.717) is 24.6 Å². The van der Waals surface area contributed by atoms with Gasteiger partial charge in [0.2, 0.25) is 5.91 Å². The highest BCUT2D eigenvalue weighted by atomic mass is 32.2. The van der Waals surface area contributed by atoms with Gasteiger partial charge in [-0.15, -0.1) is 0 Å². The minimum atomic E-state index is -0.144. The van der Waals surface area contributed by atoms with Crippen LogP contribution < -0.4 is 16.0 Å². The van der Waals surface area contributed by atoms with Gasteiger partial charge >= 0.3 is 6.03 Å². The standard InChI is InChI=1S/C18H25N3O4S/c22-13-6-5-11(9-14(13)23)7-8-19-16(24)4-2-1-3-15-17-12(10-26-15)20-18(25)21-17/h5-6,9,12,15,17,22-23H,1-4,7-8,10H2,(H,19,24)(H2,20,21,25). The molecule has 142 valence electrons. The zero-order valence-corrected chi connectivity index (χ0v) is 15.3. The van der Waals surface area contributed by atoms with Crippen molar-refractivity contribution in [2.24, 2.45) is 0 Å². The third-order valence-corrected chi connectivity index (χ3v) is 6.36. The molecule has 3 atom stereocenters. The van der Waals surface area contributed by atoms with Crippen LogP contribution in [-0.4, -0.2) is 51.8 Å². The monoisotopic (exact) mass is 379 g/mol. The Morgan fingerprint density at radius 3 is 2.88 bits per heavy atom. The molecule has 8 heteroatoms. The maximum atomic E-state index is 11.9. The maximum absolute atomic E-state index is 11.9. The van der Waals surface area contributed by atoms with E-state index < -0.39 is 0 Å². The average molecular weight is 379 g/mol. The highest BCUT2D eigenvalue weighted by Gasteiger charge is 2.42. The SMILES string of the molecule is O=C(CCCCC1SCC2NC(=O)NC21)NCCc1ccc(O)c(O)c1. The van der Waals surface area contributed by atoms with E-state index in [2.05, 4.69) is 16.0 Å².